The van der Waals surface area contributed by atoms with E-state index < -0.39 is 0 Å². The van der Waals surface area contributed by atoms with Gasteiger partial charge in [-0.15, -0.1) is 0 Å². The number of hydrogen-bond donors (Lipinski definition) is 1. The summed E-state index contributed by atoms with van der Waals surface area (Å²) in [5.41, 5.74) is 2.07. The van der Waals surface area contributed by atoms with Crippen LogP contribution in [0.5, 0.6) is 0 Å². The van der Waals surface area contributed by atoms with Gasteiger partial charge in [-0.05, 0) is 48.6 Å². The summed E-state index contributed by atoms with van der Waals surface area (Å²) in [6, 6.07) is 12.3. The van der Waals surface area contributed by atoms with Crippen LogP contribution in [0, 0.1) is 18.7 Å². The molecule has 1 aliphatic rings. The van der Waals surface area contributed by atoms with Crippen LogP contribution in [-0.4, -0.2) is 5.91 Å². The zero-order valence-electron chi connectivity index (χ0n) is 11.6. The minimum absolute atomic E-state index is 0.0804. The Balaban J connectivity index is 1.68. The first-order valence-corrected chi connectivity index (χ1v) is 7.25. The Morgan fingerprint density at radius 3 is 2.76 bits per heavy atom. The van der Waals surface area contributed by atoms with Crippen LogP contribution in [0.2, 0.25) is 5.02 Å². The highest BCUT2D eigenvalue weighted by molar-refractivity contribution is 6.31. The van der Waals surface area contributed by atoms with Crippen LogP contribution in [0.3, 0.4) is 0 Å². The second kappa shape index (κ2) is 5.49. The number of hydrogen-bond acceptors (Lipinski definition) is 1. The molecule has 2 aromatic carbocycles. The van der Waals surface area contributed by atoms with Gasteiger partial charge in [-0.3, -0.25) is 4.79 Å². The molecule has 3 rings (SSSR count). The monoisotopic (exact) mass is 303 g/mol. The Bertz CT molecular complexity index is 701. The number of carbonyl (C=O) groups is 1. The van der Waals surface area contributed by atoms with E-state index in [1.807, 2.05) is 24.3 Å². The fourth-order valence-corrected chi connectivity index (χ4v) is 2.79. The lowest BCUT2D eigenvalue weighted by atomic mass is 10.1. The Morgan fingerprint density at radius 2 is 2.05 bits per heavy atom. The second-order valence-corrected chi connectivity index (χ2v) is 5.83. The molecule has 2 atom stereocenters. The molecule has 0 bridgehead atoms. The summed E-state index contributed by atoms with van der Waals surface area (Å²) in [4.78, 5) is 12.2. The predicted octanol–water partition coefficient (Wildman–Crippen LogP) is 4.53. The largest absolute Gasteiger partial charge is 0.326 e. The molecule has 0 aromatic heterocycles. The maximum Gasteiger partial charge on any atom is 0.228 e. The van der Waals surface area contributed by atoms with E-state index in [0.717, 1.165) is 12.0 Å². The van der Waals surface area contributed by atoms with E-state index in [4.69, 9.17) is 11.6 Å². The van der Waals surface area contributed by atoms with Crippen molar-refractivity contribution in [2.75, 3.05) is 5.32 Å². The van der Waals surface area contributed by atoms with Gasteiger partial charge in [-0.2, -0.15) is 0 Å². The van der Waals surface area contributed by atoms with Crippen LogP contribution in [-0.2, 0) is 4.79 Å². The summed E-state index contributed by atoms with van der Waals surface area (Å²) in [5.74, 6) is -0.322. The van der Waals surface area contributed by atoms with Crippen LogP contribution in [0.15, 0.2) is 42.5 Å². The normalized spacial score (nSPS) is 20.1. The second-order valence-electron chi connectivity index (χ2n) is 5.42. The van der Waals surface area contributed by atoms with Crippen LogP contribution >= 0.6 is 11.6 Å². The average Bonchev–Trinajstić information content (AvgIpc) is 3.24. The van der Waals surface area contributed by atoms with Gasteiger partial charge in [-0.25, -0.2) is 4.39 Å². The zero-order chi connectivity index (χ0) is 15.0. The molecule has 1 fully saturated rings. The predicted molar refractivity (Wildman–Crippen MR) is 82.1 cm³/mol. The molecule has 2 aromatic rings. The van der Waals surface area contributed by atoms with Gasteiger partial charge in [0.25, 0.3) is 0 Å². The van der Waals surface area contributed by atoms with E-state index in [0.29, 0.717) is 16.3 Å². The number of rotatable bonds is 3. The highest BCUT2D eigenvalue weighted by Gasteiger charge is 2.44. The molecule has 0 aliphatic heterocycles. The van der Waals surface area contributed by atoms with Gasteiger partial charge in [0.1, 0.15) is 5.82 Å². The van der Waals surface area contributed by atoms with E-state index in [9.17, 15) is 9.18 Å². The SMILES string of the molecule is Cc1ccc(NC(=O)C2CC2c2ccccc2Cl)cc1F. The van der Waals surface area contributed by atoms with Gasteiger partial charge < -0.3 is 5.32 Å². The number of anilines is 1. The lowest BCUT2D eigenvalue weighted by Crippen LogP contribution is -2.14. The first kappa shape index (κ1) is 14.1. The summed E-state index contributed by atoms with van der Waals surface area (Å²) in [5, 5.41) is 3.46. The summed E-state index contributed by atoms with van der Waals surface area (Å²) in [6.45, 7) is 1.69. The van der Waals surface area contributed by atoms with Crippen LogP contribution in [0.25, 0.3) is 0 Å². The minimum Gasteiger partial charge on any atom is -0.326 e. The van der Waals surface area contributed by atoms with E-state index in [1.54, 1.807) is 19.1 Å². The minimum atomic E-state index is -0.314. The van der Waals surface area contributed by atoms with Crippen molar-refractivity contribution in [1.29, 1.82) is 0 Å². The molecule has 0 saturated heterocycles. The third-order valence-corrected chi connectivity index (χ3v) is 4.22. The van der Waals surface area contributed by atoms with Crippen molar-refractivity contribution >= 4 is 23.2 Å². The van der Waals surface area contributed by atoms with Crippen molar-refractivity contribution in [1.82, 2.24) is 0 Å². The summed E-state index contributed by atoms with van der Waals surface area (Å²) in [6.07, 6.45) is 0.782. The molecule has 1 aliphatic carbocycles. The topological polar surface area (TPSA) is 29.1 Å². The van der Waals surface area contributed by atoms with Crippen molar-refractivity contribution in [2.24, 2.45) is 5.92 Å². The Morgan fingerprint density at radius 1 is 1.29 bits per heavy atom. The van der Waals surface area contributed by atoms with Crippen molar-refractivity contribution in [2.45, 2.75) is 19.3 Å². The highest BCUT2D eigenvalue weighted by atomic mass is 35.5. The number of halogens is 2. The molecule has 108 valence electrons. The molecule has 2 nitrogen and oxygen atoms in total. The molecule has 0 heterocycles. The maximum atomic E-state index is 13.5. The number of aryl methyl sites for hydroxylation is 1. The number of benzene rings is 2. The fraction of sp³-hybridized carbons (Fsp3) is 0.235. The van der Waals surface area contributed by atoms with E-state index >= 15 is 0 Å². The smallest absolute Gasteiger partial charge is 0.228 e. The molecule has 1 N–H and O–H groups in total. The van der Waals surface area contributed by atoms with Crippen molar-refractivity contribution in [3.05, 3.63) is 64.4 Å². The highest BCUT2D eigenvalue weighted by Crippen LogP contribution is 2.49. The molecular formula is C17H15ClFNO. The standard InChI is InChI=1S/C17H15ClFNO/c1-10-6-7-11(8-16(10)19)20-17(21)14-9-13(14)12-4-2-3-5-15(12)18/h2-8,13-14H,9H2,1H3,(H,20,21). The fourth-order valence-electron chi connectivity index (χ4n) is 2.51. The molecule has 21 heavy (non-hydrogen) atoms. The Hall–Kier alpha value is -1.87. The lowest BCUT2D eigenvalue weighted by Gasteiger charge is -2.07. The number of carbonyl (C=O) groups excluding carboxylic acids is 1. The van der Waals surface area contributed by atoms with Crippen molar-refractivity contribution in [3.63, 3.8) is 0 Å². The van der Waals surface area contributed by atoms with E-state index in [1.165, 1.54) is 6.07 Å². The van der Waals surface area contributed by atoms with Gasteiger partial charge in [-0.1, -0.05) is 35.9 Å². The summed E-state index contributed by atoms with van der Waals surface area (Å²) in [7, 11) is 0. The van der Waals surface area contributed by atoms with Crippen molar-refractivity contribution in [3.8, 4) is 0 Å². The van der Waals surface area contributed by atoms with Gasteiger partial charge in [0.2, 0.25) is 5.91 Å². The first-order valence-electron chi connectivity index (χ1n) is 6.87. The van der Waals surface area contributed by atoms with E-state index in [-0.39, 0.29) is 23.6 Å². The van der Waals surface area contributed by atoms with Gasteiger partial charge in [0.05, 0.1) is 0 Å². The summed E-state index contributed by atoms with van der Waals surface area (Å²) < 4.78 is 13.5. The lowest BCUT2D eigenvalue weighted by molar-refractivity contribution is -0.117. The molecule has 4 heteroatoms. The van der Waals surface area contributed by atoms with Gasteiger partial charge in [0, 0.05) is 16.6 Å². The molecule has 1 saturated carbocycles. The summed E-state index contributed by atoms with van der Waals surface area (Å²) >= 11 is 6.15. The molecule has 2 unspecified atom stereocenters. The first-order chi connectivity index (χ1) is 10.1. The third kappa shape index (κ3) is 2.93. The molecule has 1 amide bonds. The van der Waals surface area contributed by atoms with E-state index in [2.05, 4.69) is 5.32 Å². The van der Waals surface area contributed by atoms with Crippen LogP contribution < -0.4 is 5.32 Å². The van der Waals surface area contributed by atoms with Gasteiger partial charge in [0.15, 0.2) is 0 Å². The van der Waals surface area contributed by atoms with Gasteiger partial charge >= 0.3 is 0 Å². The maximum absolute atomic E-state index is 13.5. The molecular weight excluding hydrogens is 289 g/mol. The number of nitrogens with one attached hydrogen (secondary N) is 1. The molecule has 0 spiro atoms. The Labute approximate surface area is 127 Å². The number of amides is 1. The van der Waals surface area contributed by atoms with Crippen molar-refractivity contribution < 1.29 is 9.18 Å². The third-order valence-electron chi connectivity index (χ3n) is 3.87. The average molecular weight is 304 g/mol. The van der Waals surface area contributed by atoms with Crippen LogP contribution in [0.1, 0.15) is 23.5 Å². The van der Waals surface area contributed by atoms with Crippen LogP contribution in [0.4, 0.5) is 10.1 Å². The zero-order valence-corrected chi connectivity index (χ0v) is 12.3. The molecule has 0 radical (unpaired) electrons. The Kier molecular flexibility index (Phi) is 3.68. The quantitative estimate of drug-likeness (QED) is 0.887.